The van der Waals surface area contributed by atoms with Crippen molar-refractivity contribution in [2.75, 3.05) is 26.2 Å². The van der Waals surface area contributed by atoms with Crippen molar-refractivity contribution in [3.8, 4) is 0 Å². The van der Waals surface area contributed by atoms with Gasteiger partial charge in [0.15, 0.2) is 0 Å². The van der Waals surface area contributed by atoms with Crippen LogP contribution in [0.25, 0.3) is 0 Å². The van der Waals surface area contributed by atoms with Crippen molar-refractivity contribution in [2.24, 2.45) is 17.3 Å². The van der Waals surface area contributed by atoms with Gasteiger partial charge in [-0.15, -0.1) is 0 Å². The second kappa shape index (κ2) is 6.58. The molecule has 0 aromatic rings. The maximum Gasteiger partial charge on any atom is 0.0107 e. The van der Waals surface area contributed by atoms with Crippen molar-refractivity contribution in [1.29, 1.82) is 0 Å². The lowest BCUT2D eigenvalue weighted by Crippen LogP contribution is -2.39. The van der Waals surface area contributed by atoms with E-state index in [-0.39, 0.29) is 0 Å². The Morgan fingerprint density at radius 2 is 1.95 bits per heavy atom. The van der Waals surface area contributed by atoms with E-state index in [1.165, 1.54) is 58.3 Å². The van der Waals surface area contributed by atoms with Crippen LogP contribution in [0.4, 0.5) is 0 Å². The zero-order valence-corrected chi connectivity index (χ0v) is 13.5. The van der Waals surface area contributed by atoms with Crippen molar-refractivity contribution >= 4 is 0 Å². The Morgan fingerprint density at radius 3 is 2.58 bits per heavy atom. The summed E-state index contributed by atoms with van der Waals surface area (Å²) in [4.78, 5) is 2.74. The quantitative estimate of drug-likeness (QED) is 0.819. The lowest BCUT2D eigenvalue weighted by molar-refractivity contribution is 0.205. The first kappa shape index (κ1) is 15.3. The highest BCUT2D eigenvalue weighted by Crippen LogP contribution is 2.35. The Labute approximate surface area is 120 Å². The Hall–Kier alpha value is -0.0800. The van der Waals surface area contributed by atoms with Crippen LogP contribution in [0.3, 0.4) is 0 Å². The van der Waals surface area contributed by atoms with E-state index in [4.69, 9.17) is 0 Å². The first-order valence-corrected chi connectivity index (χ1v) is 8.46. The Bertz CT molecular complexity index is 269. The van der Waals surface area contributed by atoms with Crippen LogP contribution in [-0.2, 0) is 0 Å². The van der Waals surface area contributed by atoms with Gasteiger partial charge in [-0.2, -0.15) is 0 Å². The van der Waals surface area contributed by atoms with Crippen LogP contribution in [0.1, 0.15) is 59.8 Å². The lowest BCUT2D eigenvalue weighted by Gasteiger charge is -2.29. The van der Waals surface area contributed by atoms with Crippen LogP contribution in [-0.4, -0.2) is 37.1 Å². The largest absolute Gasteiger partial charge is 0.314 e. The van der Waals surface area contributed by atoms with Crippen molar-refractivity contribution in [2.45, 2.75) is 65.8 Å². The van der Waals surface area contributed by atoms with Crippen molar-refractivity contribution in [3.05, 3.63) is 0 Å². The van der Waals surface area contributed by atoms with E-state index in [1.807, 2.05) is 0 Å². The van der Waals surface area contributed by atoms with Crippen LogP contribution in [0.15, 0.2) is 0 Å². The molecule has 3 atom stereocenters. The minimum absolute atomic E-state index is 0.490. The SMILES string of the molecule is CCCNC1CCCC1CN1CCC(C(C)(C)C)C1. The van der Waals surface area contributed by atoms with Gasteiger partial charge < -0.3 is 10.2 Å². The van der Waals surface area contributed by atoms with Gasteiger partial charge in [-0.3, -0.25) is 0 Å². The summed E-state index contributed by atoms with van der Waals surface area (Å²) in [5.41, 5.74) is 0.490. The third-order valence-electron chi connectivity index (χ3n) is 5.31. The highest BCUT2D eigenvalue weighted by Gasteiger charge is 2.34. The van der Waals surface area contributed by atoms with E-state index >= 15 is 0 Å². The number of rotatable bonds is 5. The van der Waals surface area contributed by atoms with E-state index in [9.17, 15) is 0 Å². The predicted molar refractivity (Wildman–Crippen MR) is 83.4 cm³/mol. The van der Waals surface area contributed by atoms with E-state index in [1.54, 1.807) is 0 Å². The predicted octanol–water partition coefficient (Wildman–Crippen LogP) is 3.52. The molecule has 1 aliphatic heterocycles. The molecule has 1 saturated heterocycles. The molecular formula is C17H34N2. The van der Waals surface area contributed by atoms with E-state index < -0.39 is 0 Å². The Balaban J connectivity index is 1.78. The van der Waals surface area contributed by atoms with Crippen molar-refractivity contribution in [1.82, 2.24) is 10.2 Å². The van der Waals surface area contributed by atoms with Gasteiger partial charge in [0.2, 0.25) is 0 Å². The average molecular weight is 266 g/mol. The van der Waals surface area contributed by atoms with E-state index in [0.717, 1.165) is 17.9 Å². The topological polar surface area (TPSA) is 15.3 Å². The summed E-state index contributed by atoms with van der Waals surface area (Å²) in [6.07, 6.45) is 6.95. The number of nitrogens with zero attached hydrogens (tertiary/aromatic N) is 1. The normalized spacial score (nSPS) is 33.2. The minimum atomic E-state index is 0.490. The Morgan fingerprint density at radius 1 is 1.16 bits per heavy atom. The Kier molecular flexibility index (Phi) is 5.30. The molecule has 1 aliphatic carbocycles. The van der Waals surface area contributed by atoms with Gasteiger partial charge in [0.05, 0.1) is 0 Å². The minimum Gasteiger partial charge on any atom is -0.314 e. The fourth-order valence-corrected chi connectivity index (χ4v) is 3.89. The standard InChI is InChI=1S/C17H34N2/c1-5-10-18-16-8-6-7-14(16)12-19-11-9-15(13-19)17(2,3)4/h14-16,18H,5-13H2,1-4H3. The maximum atomic E-state index is 3.77. The van der Waals surface area contributed by atoms with Gasteiger partial charge >= 0.3 is 0 Å². The van der Waals surface area contributed by atoms with Gasteiger partial charge in [-0.1, -0.05) is 34.1 Å². The molecule has 0 spiro atoms. The van der Waals surface area contributed by atoms with Crippen LogP contribution in [0.2, 0.25) is 0 Å². The maximum absolute atomic E-state index is 3.77. The van der Waals surface area contributed by atoms with E-state index in [0.29, 0.717) is 5.41 Å². The fourth-order valence-electron chi connectivity index (χ4n) is 3.89. The lowest BCUT2D eigenvalue weighted by atomic mass is 9.80. The fraction of sp³-hybridized carbons (Fsp3) is 1.00. The zero-order valence-electron chi connectivity index (χ0n) is 13.5. The molecule has 0 amide bonds. The van der Waals surface area contributed by atoms with E-state index in [2.05, 4.69) is 37.9 Å². The molecule has 1 heterocycles. The van der Waals surface area contributed by atoms with Crippen molar-refractivity contribution < 1.29 is 0 Å². The third kappa shape index (κ3) is 4.19. The summed E-state index contributed by atoms with van der Waals surface area (Å²) in [7, 11) is 0. The number of likely N-dealkylation sites (tertiary alicyclic amines) is 1. The smallest absolute Gasteiger partial charge is 0.0107 e. The molecule has 1 N–H and O–H groups in total. The van der Waals surface area contributed by atoms with Crippen molar-refractivity contribution in [3.63, 3.8) is 0 Å². The van der Waals surface area contributed by atoms with Gasteiger partial charge in [0.1, 0.15) is 0 Å². The third-order valence-corrected chi connectivity index (χ3v) is 5.31. The molecule has 112 valence electrons. The molecule has 1 saturated carbocycles. The molecule has 2 fully saturated rings. The number of hydrogen-bond donors (Lipinski definition) is 1. The second-order valence-corrected chi connectivity index (χ2v) is 7.86. The molecule has 2 aliphatic rings. The summed E-state index contributed by atoms with van der Waals surface area (Å²) in [6, 6.07) is 0.800. The average Bonchev–Trinajstić information content (AvgIpc) is 2.95. The van der Waals surface area contributed by atoms with Gasteiger partial charge in [0, 0.05) is 19.1 Å². The monoisotopic (exact) mass is 266 g/mol. The second-order valence-electron chi connectivity index (χ2n) is 7.86. The molecule has 0 bridgehead atoms. The molecule has 0 aromatic carbocycles. The molecule has 0 radical (unpaired) electrons. The van der Waals surface area contributed by atoms with Crippen LogP contribution < -0.4 is 5.32 Å². The highest BCUT2D eigenvalue weighted by molar-refractivity contribution is 4.89. The van der Waals surface area contributed by atoms with Crippen LogP contribution in [0.5, 0.6) is 0 Å². The molecule has 19 heavy (non-hydrogen) atoms. The first-order chi connectivity index (χ1) is 9.00. The number of hydrogen-bond acceptors (Lipinski definition) is 2. The van der Waals surface area contributed by atoms with Crippen LogP contribution >= 0.6 is 0 Å². The number of nitrogens with one attached hydrogen (secondary N) is 1. The molecule has 2 heteroatoms. The summed E-state index contributed by atoms with van der Waals surface area (Å²) in [6.45, 7) is 14.7. The zero-order chi connectivity index (χ0) is 13.9. The van der Waals surface area contributed by atoms with Crippen LogP contribution in [0, 0.1) is 17.3 Å². The summed E-state index contributed by atoms with van der Waals surface area (Å²) in [5, 5.41) is 3.77. The first-order valence-electron chi connectivity index (χ1n) is 8.46. The molecule has 2 rings (SSSR count). The molecule has 0 aromatic heterocycles. The summed E-state index contributed by atoms with van der Waals surface area (Å²) >= 11 is 0. The molecular weight excluding hydrogens is 232 g/mol. The molecule has 2 nitrogen and oxygen atoms in total. The summed E-state index contributed by atoms with van der Waals surface area (Å²) < 4.78 is 0. The van der Waals surface area contributed by atoms with Gasteiger partial charge in [-0.05, 0) is 56.0 Å². The highest BCUT2D eigenvalue weighted by atomic mass is 15.2. The van der Waals surface area contributed by atoms with Gasteiger partial charge in [-0.25, -0.2) is 0 Å². The molecule has 3 unspecified atom stereocenters. The summed E-state index contributed by atoms with van der Waals surface area (Å²) in [5.74, 6) is 1.81. The van der Waals surface area contributed by atoms with Gasteiger partial charge in [0.25, 0.3) is 0 Å².